The van der Waals surface area contributed by atoms with Gasteiger partial charge in [0.1, 0.15) is 0 Å². The maximum atomic E-state index is 12.8. The number of hydrogen-bond donors (Lipinski definition) is 2. The first-order chi connectivity index (χ1) is 12.7. The summed E-state index contributed by atoms with van der Waals surface area (Å²) in [6.45, 7) is 7.44. The summed E-state index contributed by atoms with van der Waals surface area (Å²) < 4.78 is 40.3. The van der Waals surface area contributed by atoms with Crippen molar-refractivity contribution in [2.24, 2.45) is 12.0 Å². The zero-order chi connectivity index (χ0) is 20.0. The molecule has 0 atom stereocenters. The Labute approximate surface area is 157 Å². The molecule has 1 aromatic carbocycles. The van der Waals surface area contributed by atoms with Crippen LogP contribution in [0.1, 0.15) is 35.0 Å². The van der Waals surface area contributed by atoms with Crippen LogP contribution in [0, 0.1) is 13.8 Å². The molecule has 148 valence electrons. The summed E-state index contributed by atoms with van der Waals surface area (Å²) in [7, 11) is 1.92. The second-order valence-corrected chi connectivity index (χ2v) is 6.34. The van der Waals surface area contributed by atoms with Crippen molar-refractivity contribution in [1.82, 2.24) is 20.4 Å². The monoisotopic (exact) mass is 381 g/mol. The topological polar surface area (TPSA) is 54.2 Å². The van der Waals surface area contributed by atoms with Crippen molar-refractivity contribution in [3.05, 3.63) is 52.3 Å². The van der Waals surface area contributed by atoms with Crippen molar-refractivity contribution >= 4 is 5.96 Å². The molecular formula is C19H26F3N5. The molecule has 0 bridgehead atoms. The third-order valence-corrected chi connectivity index (χ3v) is 4.34. The van der Waals surface area contributed by atoms with Crippen molar-refractivity contribution in [3.63, 3.8) is 0 Å². The Morgan fingerprint density at radius 2 is 1.96 bits per heavy atom. The molecule has 8 heteroatoms. The Morgan fingerprint density at radius 3 is 2.56 bits per heavy atom. The highest BCUT2D eigenvalue weighted by Gasteiger charge is 2.30. The van der Waals surface area contributed by atoms with E-state index in [0.717, 1.165) is 29.9 Å². The number of aliphatic imine (C=N–C) groups is 1. The summed E-state index contributed by atoms with van der Waals surface area (Å²) in [6, 6.07) is 5.25. The fourth-order valence-corrected chi connectivity index (χ4v) is 2.84. The third kappa shape index (κ3) is 5.74. The molecule has 0 aliphatic carbocycles. The number of nitrogens with one attached hydrogen (secondary N) is 2. The summed E-state index contributed by atoms with van der Waals surface area (Å²) in [5, 5.41) is 10.7. The summed E-state index contributed by atoms with van der Waals surface area (Å²) in [6.07, 6.45) is -3.55. The van der Waals surface area contributed by atoms with E-state index in [9.17, 15) is 13.2 Å². The SMILES string of the molecule is CCNC(=NCc1cccc(C(F)(F)F)c1)NCCc1c(C)nn(C)c1C. The lowest BCUT2D eigenvalue weighted by atomic mass is 10.1. The van der Waals surface area contributed by atoms with Gasteiger partial charge in [-0.15, -0.1) is 0 Å². The first-order valence-corrected chi connectivity index (χ1v) is 8.89. The fraction of sp³-hybridized carbons (Fsp3) is 0.474. The molecule has 0 aliphatic heterocycles. The molecule has 0 spiro atoms. The average Bonchev–Trinajstić information content (AvgIpc) is 2.85. The van der Waals surface area contributed by atoms with Gasteiger partial charge >= 0.3 is 6.18 Å². The Balaban J connectivity index is 2.00. The van der Waals surface area contributed by atoms with Gasteiger partial charge in [-0.1, -0.05) is 12.1 Å². The minimum atomic E-state index is -4.35. The molecule has 0 amide bonds. The Bertz CT molecular complexity index is 793. The Kier molecular flexibility index (Phi) is 6.87. The van der Waals surface area contributed by atoms with E-state index in [1.54, 1.807) is 6.07 Å². The van der Waals surface area contributed by atoms with Gasteiger partial charge in [-0.3, -0.25) is 4.68 Å². The number of rotatable bonds is 6. The summed E-state index contributed by atoms with van der Waals surface area (Å²) in [4.78, 5) is 4.39. The van der Waals surface area contributed by atoms with Crippen LogP contribution in [0.25, 0.3) is 0 Å². The highest BCUT2D eigenvalue weighted by molar-refractivity contribution is 5.79. The van der Waals surface area contributed by atoms with E-state index in [1.165, 1.54) is 11.6 Å². The van der Waals surface area contributed by atoms with Crippen LogP contribution < -0.4 is 10.6 Å². The maximum absolute atomic E-state index is 12.8. The number of nitrogens with zero attached hydrogens (tertiary/aromatic N) is 3. The summed E-state index contributed by atoms with van der Waals surface area (Å²) >= 11 is 0. The highest BCUT2D eigenvalue weighted by Crippen LogP contribution is 2.29. The Hall–Kier alpha value is -2.51. The average molecular weight is 381 g/mol. The van der Waals surface area contributed by atoms with Gasteiger partial charge in [0.2, 0.25) is 0 Å². The molecule has 0 saturated heterocycles. The minimum absolute atomic E-state index is 0.171. The van der Waals surface area contributed by atoms with E-state index in [2.05, 4.69) is 20.7 Å². The molecule has 0 radical (unpaired) electrons. The van der Waals surface area contributed by atoms with E-state index in [4.69, 9.17) is 0 Å². The van der Waals surface area contributed by atoms with E-state index < -0.39 is 11.7 Å². The van der Waals surface area contributed by atoms with Crippen molar-refractivity contribution in [2.75, 3.05) is 13.1 Å². The quantitative estimate of drug-likeness (QED) is 0.596. The van der Waals surface area contributed by atoms with E-state index in [1.807, 2.05) is 32.5 Å². The number of guanidine groups is 1. The van der Waals surface area contributed by atoms with Gasteiger partial charge in [-0.05, 0) is 50.5 Å². The van der Waals surface area contributed by atoms with E-state index in [0.29, 0.717) is 24.6 Å². The van der Waals surface area contributed by atoms with Crippen LogP contribution in [-0.2, 0) is 26.2 Å². The standard InChI is InChI=1S/C19H26F3N5/c1-5-23-18(24-10-9-17-13(2)26-27(4)14(17)3)25-12-15-7-6-8-16(11-15)19(20,21)22/h6-8,11H,5,9-10,12H2,1-4H3,(H2,23,24,25). The molecule has 27 heavy (non-hydrogen) atoms. The van der Waals surface area contributed by atoms with Crippen LogP contribution in [0.3, 0.4) is 0 Å². The van der Waals surface area contributed by atoms with Gasteiger partial charge in [0, 0.05) is 25.8 Å². The maximum Gasteiger partial charge on any atom is 0.416 e. The zero-order valence-corrected chi connectivity index (χ0v) is 16.1. The number of aromatic nitrogens is 2. The molecule has 2 N–H and O–H groups in total. The van der Waals surface area contributed by atoms with Gasteiger partial charge in [-0.25, -0.2) is 4.99 Å². The summed E-state index contributed by atoms with van der Waals surface area (Å²) in [5.74, 6) is 0.578. The number of aryl methyl sites for hydroxylation is 2. The molecule has 0 fully saturated rings. The van der Waals surface area contributed by atoms with Crippen LogP contribution in [0.5, 0.6) is 0 Å². The molecule has 2 rings (SSSR count). The first-order valence-electron chi connectivity index (χ1n) is 8.89. The van der Waals surface area contributed by atoms with E-state index >= 15 is 0 Å². The van der Waals surface area contributed by atoms with Crippen LogP contribution in [0.2, 0.25) is 0 Å². The lowest BCUT2D eigenvalue weighted by Gasteiger charge is -2.12. The fourth-order valence-electron chi connectivity index (χ4n) is 2.84. The van der Waals surface area contributed by atoms with Gasteiger partial charge in [0.25, 0.3) is 0 Å². The van der Waals surface area contributed by atoms with Crippen LogP contribution in [0.15, 0.2) is 29.3 Å². The third-order valence-electron chi connectivity index (χ3n) is 4.34. The highest BCUT2D eigenvalue weighted by atomic mass is 19.4. The molecule has 2 aromatic rings. The Morgan fingerprint density at radius 1 is 1.22 bits per heavy atom. The lowest BCUT2D eigenvalue weighted by Crippen LogP contribution is -2.38. The smallest absolute Gasteiger partial charge is 0.357 e. The predicted molar refractivity (Wildman–Crippen MR) is 101 cm³/mol. The molecular weight excluding hydrogens is 355 g/mol. The van der Waals surface area contributed by atoms with E-state index in [-0.39, 0.29) is 6.54 Å². The van der Waals surface area contributed by atoms with Crippen LogP contribution >= 0.6 is 0 Å². The minimum Gasteiger partial charge on any atom is -0.357 e. The zero-order valence-electron chi connectivity index (χ0n) is 16.1. The second kappa shape index (κ2) is 8.92. The second-order valence-electron chi connectivity index (χ2n) is 6.34. The van der Waals surface area contributed by atoms with Crippen LogP contribution in [-0.4, -0.2) is 28.8 Å². The summed E-state index contributed by atoms with van der Waals surface area (Å²) in [5.41, 5.74) is 3.18. The molecule has 0 aliphatic rings. The van der Waals surface area contributed by atoms with Gasteiger partial charge in [0.05, 0.1) is 17.8 Å². The first kappa shape index (κ1) is 20.8. The molecule has 5 nitrogen and oxygen atoms in total. The number of hydrogen-bond acceptors (Lipinski definition) is 2. The molecule has 1 aromatic heterocycles. The van der Waals surface area contributed by atoms with Crippen molar-refractivity contribution < 1.29 is 13.2 Å². The van der Waals surface area contributed by atoms with Gasteiger partial charge in [0.15, 0.2) is 5.96 Å². The number of benzene rings is 1. The predicted octanol–water partition coefficient (Wildman–Crippen LogP) is 3.35. The van der Waals surface area contributed by atoms with Crippen molar-refractivity contribution in [3.8, 4) is 0 Å². The molecule has 1 heterocycles. The van der Waals surface area contributed by atoms with Gasteiger partial charge in [-0.2, -0.15) is 18.3 Å². The largest absolute Gasteiger partial charge is 0.416 e. The lowest BCUT2D eigenvalue weighted by molar-refractivity contribution is -0.137. The van der Waals surface area contributed by atoms with Crippen molar-refractivity contribution in [1.29, 1.82) is 0 Å². The van der Waals surface area contributed by atoms with Crippen molar-refractivity contribution in [2.45, 2.75) is 39.9 Å². The molecule has 0 unspecified atom stereocenters. The normalized spacial score (nSPS) is 12.3. The molecule has 0 saturated carbocycles. The van der Waals surface area contributed by atoms with Crippen LogP contribution in [0.4, 0.5) is 13.2 Å². The number of halogens is 3. The van der Waals surface area contributed by atoms with Gasteiger partial charge < -0.3 is 10.6 Å². The number of alkyl halides is 3.